The van der Waals surface area contributed by atoms with Crippen LogP contribution in [-0.4, -0.2) is 0 Å². The number of anilines is 3. The van der Waals surface area contributed by atoms with E-state index in [-0.39, 0.29) is 0 Å². The molecule has 0 amide bonds. The zero-order valence-electron chi connectivity index (χ0n) is 29.3. The van der Waals surface area contributed by atoms with Crippen LogP contribution in [-0.2, 0) is 0 Å². The smallest absolute Gasteiger partial charge is 0.0467 e. The van der Waals surface area contributed by atoms with Crippen molar-refractivity contribution in [1.29, 1.82) is 0 Å². The van der Waals surface area contributed by atoms with Gasteiger partial charge in [-0.25, -0.2) is 0 Å². The van der Waals surface area contributed by atoms with Crippen molar-refractivity contribution in [2.45, 2.75) is 0 Å². The van der Waals surface area contributed by atoms with Crippen LogP contribution in [0.4, 0.5) is 17.1 Å². The van der Waals surface area contributed by atoms with E-state index in [1.807, 2.05) is 0 Å². The highest BCUT2D eigenvalue weighted by Gasteiger charge is 2.16. The van der Waals surface area contributed by atoms with E-state index >= 15 is 0 Å². The first kappa shape index (κ1) is 32.0. The summed E-state index contributed by atoms with van der Waals surface area (Å²) in [5, 5.41) is 2.51. The lowest BCUT2D eigenvalue weighted by atomic mass is 9.91. The first-order chi connectivity index (χ1) is 26.3. The third-order valence-electron chi connectivity index (χ3n) is 10.1. The molecule has 0 aliphatic heterocycles. The summed E-state index contributed by atoms with van der Waals surface area (Å²) in [5.74, 6) is 0. The van der Waals surface area contributed by atoms with Crippen molar-refractivity contribution in [2.75, 3.05) is 4.90 Å². The molecule has 0 aromatic heterocycles. The second kappa shape index (κ2) is 14.3. The molecule has 9 aromatic rings. The van der Waals surface area contributed by atoms with Gasteiger partial charge in [-0.2, -0.15) is 0 Å². The first-order valence-corrected chi connectivity index (χ1v) is 18.2. The molecule has 0 N–H and O–H groups in total. The van der Waals surface area contributed by atoms with Crippen LogP contribution in [0.2, 0.25) is 0 Å². The van der Waals surface area contributed by atoms with Crippen molar-refractivity contribution in [2.24, 2.45) is 0 Å². The molecule has 250 valence electrons. The second-order valence-corrected chi connectivity index (χ2v) is 13.4. The first-order valence-electron chi connectivity index (χ1n) is 18.2. The Morgan fingerprint density at radius 2 is 0.679 bits per heavy atom. The zero-order chi connectivity index (χ0) is 35.4. The Balaban J connectivity index is 1.14. The van der Waals surface area contributed by atoms with Gasteiger partial charge in [0.25, 0.3) is 0 Å². The number of hydrogen-bond donors (Lipinski definition) is 0. The van der Waals surface area contributed by atoms with E-state index in [2.05, 4.69) is 229 Å². The summed E-state index contributed by atoms with van der Waals surface area (Å²) < 4.78 is 0. The number of nitrogens with zero attached hydrogens (tertiary/aromatic N) is 1. The summed E-state index contributed by atoms with van der Waals surface area (Å²) in [7, 11) is 0. The van der Waals surface area contributed by atoms with Crippen LogP contribution in [0.15, 0.2) is 224 Å². The summed E-state index contributed by atoms with van der Waals surface area (Å²) >= 11 is 0. The maximum Gasteiger partial charge on any atom is 0.0467 e. The van der Waals surface area contributed by atoms with Crippen molar-refractivity contribution in [3.05, 3.63) is 224 Å². The van der Waals surface area contributed by atoms with Crippen LogP contribution in [0.5, 0.6) is 0 Å². The van der Waals surface area contributed by atoms with Crippen LogP contribution >= 0.6 is 0 Å². The van der Waals surface area contributed by atoms with Crippen molar-refractivity contribution in [3.63, 3.8) is 0 Å². The van der Waals surface area contributed by atoms with Gasteiger partial charge in [-0.3, -0.25) is 0 Å². The van der Waals surface area contributed by atoms with E-state index in [1.165, 1.54) is 60.8 Å². The number of fused-ring (bicyclic) bond motifs is 1. The number of hydrogen-bond acceptors (Lipinski definition) is 1. The molecule has 0 spiro atoms. The van der Waals surface area contributed by atoms with Crippen LogP contribution in [0.1, 0.15) is 0 Å². The van der Waals surface area contributed by atoms with Gasteiger partial charge < -0.3 is 4.90 Å². The lowest BCUT2D eigenvalue weighted by Crippen LogP contribution is -2.10. The third kappa shape index (κ3) is 6.53. The predicted molar refractivity (Wildman–Crippen MR) is 226 cm³/mol. The van der Waals surface area contributed by atoms with Gasteiger partial charge in [-0.1, -0.05) is 182 Å². The van der Waals surface area contributed by atoms with Gasteiger partial charge in [-0.05, 0) is 109 Å². The summed E-state index contributed by atoms with van der Waals surface area (Å²) in [6, 6.07) is 80.8. The predicted octanol–water partition coefficient (Wildman–Crippen LogP) is 14.6. The van der Waals surface area contributed by atoms with Gasteiger partial charge in [0.15, 0.2) is 0 Å². The molecule has 0 saturated carbocycles. The fourth-order valence-corrected chi connectivity index (χ4v) is 7.42. The lowest BCUT2D eigenvalue weighted by molar-refractivity contribution is 1.28. The fraction of sp³-hybridized carbons (Fsp3) is 0. The Kier molecular flexibility index (Phi) is 8.66. The second-order valence-electron chi connectivity index (χ2n) is 13.4. The summed E-state index contributed by atoms with van der Waals surface area (Å²) in [6.45, 7) is 0. The van der Waals surface area contributed by atoms with Crippen molar-refractivity contribution in [3.8, 4) is 55.6 Å². The van der Waals surface area contributed by atoms with Crippen LogP contribution in [0, 0.1) is 0 Å². The molecule has 0 saturated heterocycles. The van der Waals surface area contributed by atoms with E-state index in [4.69, 9.17) is 0 Å². The average Bonchev–Trinajstić information content (AvgIpc) is 3.25. The van der Waals surface area contributed by atoms with E-state index in [0.29, 0.717) is 0 Å². The fourth-order valence-electron chi connectivity index (χ4n) is 7.42. The zero-order valence-corrected chi connectivity index (χ0v) is 29.3. The number of benzene rings is 9. The Hall–Kier alpha value is -6.96. The molecule has 9 aromatic carbocycles. The molecule has 0 fully saturated rings. The Morgan fingerprint density at radius 1 is 0.226 bits per heavy atom. The molecule has 1 nitrogen and oxygen atoms in total. The normalized spacial score (nSPS) is 11.0. The van der Waals surface area contributed by atoms with Gasteiger partial charge in [-0.15, -0.1) is 0 Å². The van der Waals surface area contributed by atoms with Crippen LogP contribution in [0.3, 0.4) is 0 Å². The molecule has 0 aliphatic rings. The summed E-state index contributed by atoms with van der Waals surface area (Å²) in [6.07, 6.45) is 0. The van der Waals surface area contributed by atoms with Gasteiger partial charge in [0.2, 0.25) is 0 Å². The Bertz CT molecular complexity index is 2620. The van der Waals surface area contributed by atoms with E-state index in [9.17, 15) is 0 Å². The summed E-state index contributed by atoms with van der Waals surface area (Å²) in [4.78, 5) is 2.36. The molecule has 0 unspecified atom stereocenters. The molecule has 0 radical (unpaired) electrons. The maximum atomic E-state index is 2.36. The van der Waals surface area contributed by atoms with Gasteiger partial charge in [0, 0.05) is 17.1 Å². The highest BCUT2D eigenvalue weighted by atomic mass is 15.1. The SMILES string of the molecule is c1ccc(-c2ccc(N(c3ccc(-c4cccc5ccccc45)cc3)c3cccc(-c4ccc(-c5ccccc5)c(-c5ccccc5)c4)c3)cc2)cc1. The van der Waals surface area contributed by atoms with Crippen LogP contribution in [0.25, 0.3) is 66.4 Å². The standard InChI is InChI=1S/C52H37N/c1-4-14-38(15-5-1)39-26-31-46(32-27-39)53(47-33-28-43(29-34-47)50-25-13-21-41-20-10-11-24-49(41)50)48-23-12-22-44(36-48)45-30-35-51(40-16-6-2-7-17-40)52(37-45)42-18-8-3-9-19-42/h1-37H. The highest BCUT2D eigenvalue weighted by Crippen LogP contribution is 2.41. The topological polar surface area (TPSA) is 3.24 Å². The molecule has 0 heterocycles. The minimum Gasteiger partial charge on any atom is -0.310 e. The van der Waals surface area contributed by atoms with Gasteiger partial charge >= 0.3 is 0 Å². The molecule has 9 rings (SSSR count). The quantitative estimate of drug-likeness (QED) is 0.155. The van der Waals surface area contributed by atoms with Gasteiger partial charge in [0.1, 0.15) is 0 Å². The molecule has 0 atom stereocenters. The largest absolute Gasteiger partial charge is 0.310 e. The Labute approximate surface area is 311 Å². The third-order valence-corrected chi connectivity index (χ3v) is 10.1. The molecule has 1 heteroatoms. The van der Waals surface area contributed by atoms with E-state index in [0.717, 1.165) is 22.6 Å². The number of rotatable bonds is 8. The minimum absolute atomic E-state index is 1.10. The minimum atomic E-state index is 1.10. The summed E-state index contributed by atoms with van der Waals surface area (Å²) in [5.41, 5.74) is 15.3. The van der Waals surface area contributed by atoms with E-state index in [1.54, 1.807) is 0 Å². The lowest BCUT2D eigenvalue weighted by Gasteiger charge is -2.26. The molecule has 0 bridgehead atoms. The van der Waals surface area contributed by atoms with Crippen LogP contribution < -0.4 is 4.90 Å². The molecule has 0 aliphatic carbocycles. The molecule has 53 heavy (non-hydrogen) atoms. The highest BCUT2D eigenvalue weighted by molar-refractivity contribution is 5.97. The monoisotopic (exact) mass is 675 g/mol. The van der Waals surface area contributed by atoms with Crippen molar-refractivity contribution < 1.29 is 0 Å². The van der Waals surface area contributed by atoms with Crippen molar-refractivity contribution in [1.82, 2.24) is 0 Å². The average molecular weight is 676 g/mol. The molecular weight excluding hydrogens is 639 g/mol. The molecular formula is C52H37N. The maximum absolute atomic E-state index is 2.36. The van der Waals surface area contributed by atoms with Crippen molar-refractivity contribution >= 4 is 27.8 Å². The van der Waals surface area contributed by atoms with E-state index < -0.39 is 0 Å². The van der Waals surface area contributed by atoms with Gasteiger partial charge in [0.05, 0.1) is 0 Å². The Morgan fingerprint density at radius 3 is 1.36 bits per heavy atom.